The van der Waals surface area contributed by atoms with E-state index in [1.54, 1.807) is 32.5 Å². The summed E-state index contributed by atoms with van der Waals surface area (Å²) in [6.07, 6.45) is 9.00. The van der Waals surface area contributed by atoms with Crippen molar-refractivity contribution in [2.45, 2.75) is 82.0 Å². The Balaban J connectivity index is 1.27. The van der Waals surface area contributed by atoms with E-state index in [9.17, 15) is 24.3 Å². The molecule has 7 rings (SSSR count). The summed E-state index contributed by atoms with van der Waals surface area (Å²) in [5.74, 6) is -3.43. The zero-order chi connectivity index (χ0) is 36.4. The number of aliphatic hydroxyl groups is 1. The highest BCUT2D eigenvalue weighted by Crippen LogP contribution is 2.53. The van der Waals surface area contributed by atoms with Crippen molar-refractivity contribution >= 4 is 34.7 Å². The van der Waals surface area contributed by atoms with Crippen molar-refractivity contribution in [1.29, 1.82) is 0 Å². The van der Waals surface area contributed by atoms with Gasteiger partial charge in [0.05, 0.1) is 23.6 Å². The van der Waals surface area contributed by atoms with Crippen LogP contribution in [-0.2, 0) is 35.3 Å². The van der Waals surface area contributed by atoms with Gasteiger partial charge in [-0.05, 0) is 43.9 Å². The Morgan fingerprint density at radius 3 is 2.52 bits per heavy atom. The first kappa shape index (κ1) is 35.5. The molecule has 274 valence electrons. The number of ether oxygens (including phenoxy) is 2. The topological polar surface area (TPSA) is 147 Å². The molecule has 0 bridgehead atoms. The summed E-state index contributed by atoms with van der Waals surface area (Å²) < 4.78 is 14.9. The van der Waals surface area contributed by atoms with Crippen LogP contribution in [0, 0.1) is 11.8 Å². The zero-order valence-electron chi connectivity index (χ0n) is 29.6. The molecule has 13 nitrogen and oxygen atoms in total. The lowest BCUT2D eigenvalue weighted by atomic mass is 9.77. The zero-order valence-corrected chi connectivity index (χ0v) is 29.6. The van der Waals surface area contributed by atoms with Gasteiger partial charge in [0.1, 0.15) is 35.9 Å². The maximum Gasteiger partial charge on any atom is 0.313 e. The van der Waals surface area contributed by atoms with Crippen LogP contribution in [0.4, 0.5) is 0 Å². The molecule has 3 amide bonds. The number of allylic oxidation sites excluding steroid dienone is 1. The number of hydrogen-bond donors (Lipinski definition) is 1. The Bertz CT molecular complexity index is 1860. The van der Waals surface area contributed by atoms with E-state index in [0.29, 0.717) is 24.8 Å². The highest BCUT2D eigenvalue weighted by atomic mass is 16.6. The monoisotopic (exact) mass is 710 g/mol. The number of aliphatic hydroxyl groups excluding tert-OH is 1. The lowest BCUT2D eigenvalue weighted by Crippen LogP contribution is -2.55. The van der Waals surface area contributed by atoms with Gasteiger partial charge < -0.3 is 29.3 Å². The fourth-order valence-electron chi connectivity index (χ4n) is 8.23. The van der Waals surface area contributed by atoms with E-state index in [1.807, 2.05) is 79.7 Å². The summed E-state index contributed by atoms with van der Waals surface area (Å²) in [5.41, 5.74) is 0.750. The molecule has 4 aliphatic heterocycles. The molecule has 4 aliphatic rings. The van der Waals surface area contributed by atoms with E-state index in [2.05, 4.69) is 10.3 Å². The van der Waals surface area contributed by atoms with Gasteiger partial charge in [0.15, 0.2) is 0 Å². The number of cyclic esters (lactones) is 1. The summed E-state index contributed by atoms with van der Waals surface area (Å²) in [6.45, 7) is 2.56. The number of carbonyl (C=O) groups excluding carboxylic acids is 4. The van der Waals surface area contributed by atoms with Crippen molar-refractivity contribution in [2.75, 3.05) is 26.7 Å². The molecular weight excluding hydrogens is 664 g/mol. The molecule has 0 aliphatic carbocycles. The second-order valence-corrected chi connectivity index (χ2v) is 14.2. The lowest BCUT2D eigenvalue weighted by Gasteiger charge is -2.35. The normalized spacial score (nSPS) is 30.0. The van der Waals surface area contributed by atoms with Gasteiger partial charge in [-0.1, -0.05) is 84.8 Å². The first-order valence-electron chi connectivity index (χ1n) is 18.3. The predicted molar refractivity (Wildman–Crippen MR) is 190 cm³/mol. The number of unbranched alkanes of at least 4 members (excludes halogenated alkanes) is 3. The number of hydrogen-bond acceptors (Lipinski definition) is 9. The molecular formula is C39H46N6O7. The van der Waals surface area contributed by atoms with Gasteiger partial charge in [-0.15, -0.1) is 5.10 Å². The average molecular weight is 711 g/mol. The maximum absolute atomic E-state index is 14.8. The maximum atomic E-state index is 14.8. The number of esters is 1. The van der Waals surface area contributed by atoms with Crippen molar-refractivity contribution in [3.63, 3.8) is 0 Å². The summed E-state index contributed by atoms with van der Waals surface area (Å²) >= 11 is 0. The predicted octanol–water partition coefficient (Wildman–Crippen LogP) is 3.40. The van der Waals surface area contributed by atoms with Crippen LogP contribution in [0.1, 0.15) is 57.1 Å². The number of benzene rings is 2. The van der Waals surface area contributed by atoms with Gasteiger partial charge in [-0.25, -0.2) is 4.68 Å². The largest absolute Gasteiger partial charge is 0.455 e. The van der Waals surface area contributed by atoms with Crippen molar-refractivity contribution in [1.82, 2.24) is 29.7 Å². The molecule has 0 unspecified atom stereocenters. The Morgan fingerprint density at radius 1 is 0.942 bits per heavy atom. The van der Waals surface area contributed by atoms with Gasteiger partial charge in [0, 0.05) is 33.2 Å². The summed E-state index contributed by atoms with van der Waals surface area (Å²) in [4.78, 5) is 62.3. The van der Waals surface area contributed by atoms with E-state index < -0.39 is 47.7 Å². The average Bonchev–Trinajstić information content (AvgIpc) is 3.75. The number of likely N-dealkylation sites (N-methyl/N-ethyl adjacent to an activating group) is 1. The van der Waals surface area contributed by atoms with Gasteiger partial charge in [0.2, 0.25) is 11.8 Å². The number of amides is 3. The minimum absolute atomic E-state index is 0.0866. The molecule has 1 spiro atoms. The van der Waals surface area contributed by atoms with Gasteiger partial charge in [0.25, 0.3) is 5.91 Å². The molecule has 2 saturated heterocycles. The third-order valence-corrected chi connectivity index (χ3v) is 11.0. The molecule has 3 aromatic rings. The van der Waals surface area contributed by atoms with Crippen LogP contribution < -0.4 is 0 Å². The van der Waals surface area contributed by atoms with Crippen LogP contribution in [0.25, 0.3) is 11.0 Å². The van der Waals surface area contributed by atoms with Gasteiger partial charge in [-0.3, -0.25) is 19.2 Å². The minimum Gasteiger partial charge on any atom is -0.455 e. The number of carbonyl (C=O) groups is 4. The number of fused-ring (bicyclic) bond motifs is 3. The highest BCUT2D eigenvalue weighted by molar-refractivity contribution is 5.99. The molecule has 0 radical (unpaired) electrons. The highest BCUT2D eigenvalue weighted by Gasteiger charge is 2.71. The van der Waals surface area contributed by atoms with Crippen molar-refractivity contribution in [3.05, 3.63) is 84.5 Å². The molecule has 1 aromatic heterocycles. The molecule has 2 fully saturated rings. The van der Waals surface area contributed by atoms with Crippen molar-refractivity contribution < 1.29 is 33.8 Å². The molecule has 13 heteroatoms. The lowest BCUT2D eigenvalue weighted by molar-refractivity contribution is -0.164. The summed E-state index contributed by atoms with van der Waals surface area (Å²) in [6, 6.07) is 15.3. The summed E-state index contributed by atoms with van der Waals surface area (Å²) in [5, 5.41) is 17.9. The van der Waals surface area contributed by atoms with Gasteiger partial charge >= 0.3 is 5.97 Å². The van der Waals surface area contributed by atoms with Crippen LogP contribution >= 0.6 is 0 Å². The third-order valence-electron chi connectivity index (χ3n) is 11.0. The fourth-order valence-corrected chi connectivity index (χ4v) is 8.23. The van der Waals surface area contributed by atoms with Crippen LogP contribution in [-0.4, -0.2) is 109 Å². The minimum atomic E-state index is -1.45. The third kappa shape index (κ3) is 6.40. The smallest absolute Gasteiger partial charge is 0.313 e. The quantitative estimate of drug-likeness (QED) is 0.201. The molecule has 2 aromatic carbocycles. The second kappa shape index (κ2) is 15.0. The molecule has 7 atom stereocenters. The van der Waals surface area contributed by atoms with E-state index >= 15 is 0 Å². The van der Waals surface area contributed by atoms with Crippen LogP contribution in [0.15, 0.2) is 78.9 Å². The van der Waals surface area contributed by atoms with Crippen LogP contribution in [0.3, 0.4) is 0 Å². The Kier molecular flexibility index (Phi) is 10.2. The van der Waals surface area contributed by atoms with Crippen molar-refractivity contribution in [2.24, 2.45) is 11.8 Å². The fraction of sp³-hybridized carbons (Fsp3) is 0.487. The van der Waals surface area contributed by atoms with Crippen molar-refractivity contribution in [3.8, 4) is 0 Å². The van der Waals surface area contributed by atoms with Crippen LogP contribution in [0.5, 0.6) is 0 Å². The van der Waals surface area contributed by atoms with Gasteiger partial charge in [-0.2, -0.15) is 0 Å². The number of likely N-dealkylation sites (tertiary alicyclic amines) is 1. The number of aromatic nitrogens is 3. The van der Waals surface area contributed by atoms with E-state index in [0.717, 1.165) is 23.9 Å². The van der Waals surface area contributed by atoms with Crippen LogP contribution in [0.2, 0.25) is 0 Å². The summed E-state index contributed by atoms with van der Waals surface area (Å²) in [7, 11) is 1.71. The Morgan fingerprint density at radius 2 is 1.71 bits per heavy atom. The second-order valence-electron chi connectivity index (χ2n) is 14.2. The first-order valence-corrected chi connectivity index (χ1v) is 18.3. The standard InChI is InChI=1S/C39H46N6O7/c1-26-34(27-15-6-5-7-16-27)51-38(50)32-30(19-10-11-20-31(47)42(26)2)52-39-21-14-22-43(25-45-29-18-9-8-17-28(29)40-41-45)37(49)35(39)44(36(48)33(32)39)23-12-3-4-13-24-46/h5-10,14-19,21,26,30,32-35,46H,3-4,11-13,20,22-25H2,1-2H3/b19-10-/t26-,30-,32+,33+,34+,35-,39+/m0/s1. The number of rotatable bonds is 9. The van der Waals surface area contributed by atoms with E-state index in [-0.39, 0.29) is 50.5 Å². The molecule has 1 N–H and O–H groups in total. The first-order chi connectivity index (χ1) is 25.2. The number of para-hydroxylation sites is 1. The number of nitrogens with zero attached hydrogens (tertiary/aromatic N) is 6. The molecule has 0 saturated carbocycles. The molecule has 52 heavy (non-hydrogen) atoms. The molecule has 5 heterocycles. The Labute approximate surface area is 302 Å². The Hall–Kier alpha value is -4.88. The van der Waals surface area contributed by atoms with E-state index in [1.165, 1.54) is 0 Å². The van der Waals surface area contributed by atoms with E-state index in [4.69, 9.17) is 9.47 Å². The SMILES string of the molecule is C[C@H]1[C@H](c2ccccc2)OC(=O)[C@@H]2[C@H](/C=C\CCC(=O)N1C)O[C@@]13C=CCN(Cn4nnc5ccccc54)C(=O)[C@@H]1N(CCCCCCO)C(=O)[C@@H]23.